The summed E-state index contributed by atoms with van der Waals surface area (Å²) < 4.78 is 17.0. The molecule has 0 amide bonds. The van der Waals surface area contributed by atoms with E-state index in [1.54, 1.807) is 0 Å². The molecule has 0 unspecified atom stereocenters. The third-order valence-electron chi connectivity index (χ3n) is 0. The van der Waals surface area contributed by atoms with E-state index in [4.69, 9.17) is 7.56 Å². The summed E-state index contributed by atoms with van der Waals surface area (Å²) in [5.41, 5.74) is 0. The van der Waals surface area contributed by atoms with Gasteiger partial charge in [0, 0.05) is 22.4 Å². The Labute approximate surface area is 45.4 Å². The minimum atomic E-state index is -2.00. The number of hydrogen-bond donors (Lipinski definition) is 0. The predicted molar refractivity (Wildman–Crippen MR) is 7.13 cm³/mol. The third kappa shape index (κ3) is 13.1. The molecular weight excluding hydrogens is 198 g/mol. The number of rotatable bonds is 0. The Kier molecular flexibility index (Phi) is 20.2. The molecular formula is GeNbO2. The van der Waals surface area contributed by atoms with Crippen LogP contribution < -0.4 is 0 Å². The molecule has 0 aromatic heterocycles. The van der Waals surface area contributed by atoms with E-state index in [0.717, 1.165) is 0 Å². The molecule has 0 aliphatic rings. The fourth-order valence-corrected chi connectivity index (χ4v) is 0. The van der Waals surface area contributed by atoms with E-state index in [1.165, 1.54) is 0 Å². The Balaban J connectivity index is 0. The van der Waals surface area contributed by atoms with Gasteiger partial charge in [-0.1, -0.05) is 0 Å². The van der Waals surface area contributed by atoms with Crippen LogP contribution in [0.5, 0.6) is 0 Å². The molecule has 2 nitrogen and oxygen atoms in total. The molecule has 0 aliphatic heterocycles. The van der Waals surface area contributed by atoms with Crippen LogP contribution in [0.25, 0.3) is 0 Å². The van der Waals surface area contributed by atoms with Gasteiger partial charge in [-0.2, -0.15) is 0 Å². The molecule has 0 spiro atoms. The van der Waals surface area contributed by atoms with Crippen LogP contribution in [0, 0.1) is 0 Å². The quantitative estimate of drug-likeness (QED) is 0.485. The van der Waals surface area contributed by atoms with Crippen molar-refractivity contribution in [2.45, 2.75) is 0 Å². The molecule has 0 atom stereocenters. The second kappa shape index (κ2) is 9.10. The van der Waals surface area contributed by atoms with Crippen LogP contribution in [0.3, 0.4) is 0 Å². The van der Waals surface area contributed by atoms with Gasteiger partial charge in [-0.15, -0.1) is 0 Å². The third-order valence-corrected chi connectivity index (χ3v) is 0. The summed E-state index contributed by atoms with van der Waals surface area (Å²) in [5.74, 6) is 0. The van der Waals surface area contributed by atoms with Gasteiger partial charge >= 0.3 is 22.9 Å². The van der Waals surface area contributed by atoms with Crippen LogP contribution in [0.2, 0.25) is 0 Å². The molecule has 1 radical (unpaired) electrons. The Bertz CT molecular complexity index is 27.0. The molecule has 0 rings (SSSR count). The predicted octanol–water partition coefficient (Wildman–Crippen LogP) is -0.621. The van der Waals surface area contributed by atoms with Gasteiger partial charge < -0.3 is 0 Å². The first-order valence-corrected chi connectivity index (χ1v) is 2.12. The van der Waals surface area contributed by atoms with Crippen molar-refractivity contribution in [3.8, 4) is 0 Å². The van der Waals surface area contributed by atoms with Crippen molar-refractivity contribution in [2.75, 3.05) is 0 Å². The van der Waals surface area contributed by atoms with Gasteiger partial charge in [-0.3, -0.25) is 0 Å². The second-order valence-electron chi connectivity index (χ2n) is 0.0833. The molecule has 0 aliphatic carbocycles. The summed E-state index contributed by atoms with van der Waals surface area (Å²) in [4.78, 5) is 0. The van der Waals surface area contributed by atoms with Gasteiger partial charge in [0.05, 0.1) is 0 Å². The van der Waals surface area contributed by atoms with Crippen molar-refractivity contribution in [3.63, 3.8) is 0 Å². The maximum absolute atomic E-state index is 8.50. The van der Waals surface area contributed by atoms with E-state index in [-0.39, 0.29) is 22.4 Å². The molecule has 4 heteroatoms. The SMILES string of the molecule is [Nb].[O]=[Ge]=[O]. The Morgan fingerprint density at radius 1 is 1.25 bits per heavy atom. The molecule has 0 N–H and O–H groups in total. The van der Waals surface area contributed by atoms with Crippen molar-refractivity contribution in [1.82, 2.24) is 0 Å². The van der Waals surface area contributed by atoms with E-state index in [1.807, 2.05) is 0 Å². The summed E-state index contributed by atoms with van der Waals surface area (Å²) in [6.07, 6.45) is 0. The summed E-state index contributed by atoms with van der Waals surface area (Å²) in [6, 6.07) is 0. The second-order valence-corrected chi connectivity index (χ2v) is 0.433. The van der Waals surface area contributed by atoms with Crippen LogP contribution >= 0.6 is 0 Å². The van der Waals surface area contributed by atoms with Crippen LogP contribution in [0.15, 0.2) is 0 Å². The summed E-state index contributed by atoms with van der Waals surface area (Å²) in [7, 11) is 0. The van der Waals surface area contributed by atoms with Gasteiger partial charge in [0.25, 0.3) is 0 Å². The van der Waals surface area contributed by atoms with Gasteiger partial charge in [-0.05, 0) is 0 Å². The van der Waals surface area contributed by atoms with E-state index in [2.05, 4.69) is 0 Å². The van der Waals surface area contributed by atoms with Crippen molar-refractivity contribution < 1.29 is 29.9 Å². The first-order valence-electron chi connectivity index (χ1n) is 0.408. The van der Waals surface area contributed by atoms with Gasteiger partial charge in [0.1, 0.15) is 0 Å². The average Bonchev–Trinajstić information content (AvgIpc) is 0.918. The van der Waals surface area contributed by atoms with Crippen molar-refractivity contribution in [3.05, 3.63) is 0 Å². The summed E-state index contributed by atoms with van der Waals surface area (Å²) in [5, 5.41) is 0. The molecule has 0 aromatic rings. The van der Waals surface area contributed by atoms with Crippen LogP contribution in [-0.2, 0) is 29.9 Å². The van der Waals surface area contributed by atoms with Crippen LogP contribution in [0.1, 0.15) is 0 Å². The van der Waals surface area contributed by atoms with Crippen molar-refractivity contribution in [2.24, 2.45) is 0 Å². The standard InChI is InChI=1S/GeO2.Nb/c2-1-3;. The van der Waals surface area contributed by atoms with E-state index < -0.39 is 15.3 Å². The van der Waals surface area contributed by atoms with E-state index >= 15 is 0 Å². The number of hydrogen-bond acceptors (Lipinski definition) is 2. The Morgan fingerprint density at radius 2 is 1.25 bits per heavy atom. The molecule has 0 fully saturated rings. The van der Waals surface area contributed by atoms with Gasteiger partial charge in [-0.25, -0.2) is 0 Å². The molecule has 4 heavy (non-hydrogen) atoms. The van der Waals surface area contributed by atoms with E-state index in [9.17, 15) is 0 Å². The minimum absolute atomic E-state index is 0. The first kappa shape index (κ1) is 8.86. The van der Waals surface area contributed by atoms with Crippen molar-refractivity contribution in [1.29, 1.82) is 0 Å². The summed E-state index contributed by atoms with van der Waals surface area (Å²) >= 11 is -2.00. The normalized spacial score (nSPS) is 2.00. The Hall–Kier alpha value is 0.883. The van der Waals surface area contributed by atoms with Gasteiger partial charge in [0.15, 0.2) is 0 Å². The van der Waals surface area contributed by atoms with Crippen LogP contribution in [0.4, 0.5) is 0 Å². The zero-order valence-corrected chi connectivity index (χ0v) is 6.06. The maximum atomic E-state index is 8.50. The molecule has 0 saturated carbocycles. The molecule has 0 saturated heterocycles. The molecule has 0 aromatic carbocycles. The molecule has 0 bridgehead atoms. The first-order chi connectivity index (χ1) is 1.41. The fourth-order valence-electron chi connectivity index (χ4n) is 0. The van der Waals surface area contributed by atoms with Crippen LogP contribution in [-0.4, -0.2) is 15.3 Å². The zero-order valence-electron chi connectivity index (χ0n) is 1.76. The Morgan fingerprint density at radius 3 is 1.25 bits per heavy atom. The zero-order chi connectivity index (χ0) is 2.71. The molecule has 21 valence electrons. The van der Waals surface area contributed by atoms with Crippen molar-refractivity contribution >= 4 is 15.3 Å². The fraction of sp³-hybridized carbons (Fsp3) is 0. The van der Waals surface area contributed by atoms with E-state index in [0.29, 0.717) is 0 Å². The topological polar surface area (TPSA) is 34.1 Å². The monoisotopic (exact) mass is 199 g/mol. The average molecular weight is 198 g/mol. The molecule has 0 heterocycles. The summed E-state index contributed by atoms with van der Waals surface area (Å²) in [6.45, 7) is 0. The van der Waals surface area contributed by atoms with Gasteiger partial charge in [0.2, 0.25) is 0 Å².